The van der Waals surface area contributed by atoms with Crippen LogP contribution in [0.4, 0.5) is 0 Å². The molecule has 2 aliphatic carbocycles. The van der Waals surface area contributed by atoms with Crippen LogP contribution in [0.25, 0.3) is 0 Å². The van der Waals surface area contributed by atoms with E-state index in [0.717, 1.165) is 18.3 Å². The first-order valence-corrected chi connectivity index (χ1v) is 7.67. The Balaban J connectivity index is 1.53. The van der Waals surface area contributed by atoms with E-state index in [-0.39, 0.29) is 5.97 Å². The Morgan fingerprint density at radius 1 is 1.06 bits per heavy atom. The Hall–Kier alpha value is -0.790. The zero-order valence-electron chi connectivity index (χ0n) is 11.4. The van der Waals surface area contributed by atoms with Gasteiger partial charge in [-0.15, -0.1) is 0 Å². The molecule has 0 radical (unpaired) electrons. The van der Waals surface area contributed by atoms with Crippen molar-refractivity contribution < 1.29 is 9.53 Å². The lowest BCUT2D eigenvalue weighted by Crippen LogP contribution is -2.05. The van der Waals surface area contributed by atoms with Gasteiger partial charge in [-0.05, 0) is 31.1 Å². The summed E-state index contributed by atoms with van der Waals surface area (Å²) >= 11 is 0. The van der Waals surface area contributed by atoms with Crippen LogP contribution in [0.1, 0.15) is 64.2 Å². The maximum atomic E-state index is 11.4. The molecule has 18 heavy (non-hydrogen) atoms. The third kappa shape index (κ3) is 5.70. The average molecular weight is 250 g/mol. The molecule has 0 atom stereocenters. The summed E-state index contributed by atoms with van der Waals surface area (Å²) in [5, 5.41) is 0. The number of allylic oxidation sites excluding steroid dienone is 1. The molecule has 0 aliphatic heterocycles. The minimum Gasteiger partial charge on any atom is -0.461 e. The molecule has 102 valence electrons. The molecule has 0 spiro atoms. The number of carbonyl (C=O) groups is 1. The Morgan fingerprint density at radius 2 is 1.78 bits per heavy atom. The van der Waals surface area contributed by atoms with E-state index in [0.29, 0.717) is 13.0 Å². The molecule has 2 saturated carbocycles. The summed E-state index contributed by atoms with van der Waals surface area (Å²) in [6.45, 7) is 0.472. The van der Waals surface area contributed by atoms with Crippen molar-refractivity contribution in [3.8, 4) is 0 Å². The van der Waals surface area contributed by atoms with Gasteiger partial charge in [-0.3, -0.25) is 4.79 Å². The number of hydrogen-bond acceptors (Lipinski definition) is 2. The molecule has 0 amide bonds. The van der Waals surface area contributed by atoms with E-state index in [1.807, 2.05) is 6.08 Å². The van der Waals surface area contributed by atoms with E-state index < -0.39 is 0 Å². The fourth-order valence-corrected chi connectivity index (χ4v) is 2.69. The van der Waals surface area contributed by atoms with Crippen LogP contribution in [0.3, 0.4) is 0 Å². The smallest absolute Gasteiger partial charge is 0.306 e. The van der Waals surface area contributed by atoms with Crippen molar-refractivity contribution >= 4 is 5.97 Å². The van der Waals surface area contributed by atoms with E-state index in [4.69, 9.17) is 4.74 Å². The van der Waals surface area contributed by atoms with Gasteiger partial charge in [-0.1, -0.05) is 50.7 Å². The van der Waals surface area contributed by atoms with Crippen LogP contribution >= 0.6 is 0 Å². The Kier molecular flexibility index (Phi) is 5.76. The van der Waals surface area contributed by atoms with Crippen LogP contribution in [0.5, 0.6) is 0 Å². The SMILES string of the molecule is O=C(CCC1CC1)OC/C=C/C1CCCCCC1. The summed E-state index contributed by atoms with van der Waals surface area (Å²) in [7, 11) is 0. The highest BCUT2D eigenvalue weighted by atomic mass is 16.5. The van der Waals surface area contributed by atoms with Gasteiger partial charge in [0.05, 0.1) is 0 Å². The van der Waals surface area contributed by atoms with Crippen LogP contribution < -0.4 is 0 Å². The van der Waals surface area contributed by atoms with Crippen molar-refractivity contribution in [2.75, 3.05) is 6.61 Å². The van der Waals surface area contributed by atoms with Gasteiger partial charge in [0.15, 0.2) is 0 Å². The van der Waals surface area contributed by atoms with Gasteiger partial charge in [0.25, 0.3) is 0 Å². The molecular weight excluding hydrogens is 224 g/mol. The molecule has 0 unspecified atom stereocenters. The number of ether oxygens (including phenoxy) is 1. The Labute approximate surface area is 111 Å². The van der Waals surface area contributed by atoms with Gasteiger partial charge in [0.2, 0.25) is 0 Å². The van der Waals surface area contributed by atoms with Crippen LogP contribution in [-0.2, 0) is 9.53 Å². The average Bonchev–Trinajstić information content (AvgIpc) is 3.19. The monoisotopic (exact) mass is 250 g/mol. The van der Waals surface area contributed by atoms with Gasteiger partial charge >= 0.3 is 5.97 Å². The standard InChI is InChI=1S/C16H26O2/c17-16(12-11-15-9-10-15)18-13-5-8-14-6-3-1-2-4-7-14/h5,8,14-15H,1-4,6-7,9-13H2/b8-5+. The first kappa shape index (κ1) is 13.6. The quantitative estimate of drug-likeness (QED) is 0.400. The highest BCUT2D eigenvalue weighted by Crippen LogP contribution is 2.33. The molecule has 2 fully saturated rings. The Bertz CT molecular complexity index is 271. The van der Waals surface area contributed by atoms with E-state index in [1.54, 1.807) is 0 Å². The molecule has 0 aromatic carbocycles. The zero-order chi connectivity index (χ0) is 12.6. The molecule has 0 bridgehead atoms. The predicted octanol–water partition coefficient (Wildman–Crippen LogP) is 4.25. The third-order valence-electron chi connectivity index (χ3n) is 4.10. The largest absolute Gasteiger partial charge is 0.461 e. The van der Waals surface area contributed by atoms with Gasteiger partial charge in [-0.25, -0.2) is 0 Å². The second kappa shape index (κ2) is 7.60. The summed E-state index contributed by atoms with van der Waals surface area (Å²) in [6.07, 6.45) is 16.7. The second-order valence-electron chi connectivity index (χ2n) is 5.84. The van der Waals surface area contributed by atoms with Crippen molar-refractivity contribution in [1.82, 2.24) is 0 Å². The van der Waals surface area contributed by atoms with Crippen molar-refractivity contribution in [1.29, 1.82) is 0 Å². The van der Waals surface area contributed by atoms with Crippen LogP contribution in [0, 0.1) is 11.8 Å². The zero-order valence-corrected chi connectivity index (χ0v) is 11.4. The predicted molar refractivity (Wildman–Crippen MR) is 73.2 cm³/mol. The molecule has 2 aliphatic rings. The summed E-state index contributed by atoms with van der Waals surface area (Å²) < 4.78 is 5.22. The van der Waals surface area contributed by atoms with Gasteiger partial charge in [0, 0.05) is 6.42 Å². The summed E-state index contributed by atoms with van der Waals surface area (Å²) in [5.41, 5.74) is 0. The van der Waals surface area contributed by atoms with Crippen LogP contribution in [0.15, 0.2) is 12.2 Å². The molecule has 2 rings (SSSR count). The minimum absolute atomic E-state index is 0.0209. The molecular formula is C16H26O2. The number of hydrogen-bond donors (Lipinski definition) is 0. The van der Waals surface area contributed by atoms with Crippen LogP contribution in [-0.4, -0.2) is 12.6 Å². The normalized spacial score (nSPS) is 22.0. The summed E-state index contributed by atoms with van der Waals surface area (Å²) in [4.78, 5) is 11.4. The Morgan fingerprint density at radius 3 is 2.44 bits per heavy atom. The highest BCUT2D eigenvalue weighted by Gasteiger charge is 2.22. The first-order valence-electron chi connectivity index (χ1n) is 7.67. The third-order valence-corrected chi connectivity index (χ3v) is 4.10. The molecule has 0 aromatic rings. The number of rotatable bonds is 6. The summed E-state index contributed by atoms with van der Waals surface area (Å²) in [5.74, 6) is 1.52. The van der Waals surface area contributed by atoms with Crippen LogP contribution in [0.2, 0.25) is 0 Å². The van der Waals surface area contributed by atoms with E-state index in [9.17, 15) is 4.79 Å². The lowest BCUT2D eigenvalue weighted by molar-refractivity contribution is -0.142. The number of carbonyl (C=O) groups excluding carboxylic acids is 1. The molecule has 0 N–H and O–H groups in total. The maximum Gasteiger partial charge on any atom is 0.306 e. The fraction of sp³-hybridized carbons (Fsp3) is 0.812. The molecule has 0 heterocycles. The molecule has 0 saturated heterocycles. The second-order valence-corrected chi connectivity index (χ2v) is 5.84. The first-order chi connectivity index (χ1) is 8.84. The van der Waals surface area contributed by atoms with Crippen molar-refractivity contribution in [3.05, 3.63) is 12.2 Å². The van der Waals surface area contributed by atoms with Crippen molar-refractivity contribution in [2.24, 2.45) is 11.8 Å². The summed E-state index contributed by atoms with van der Waals surface area (Å²) in [6, 6.07) is 0. The van der Waals surface area contributed by atoms with E-state index >= 15 is 0 Å². The van der Waals surface area contributed by atoms with Crippen molar-refractivity contribution in [2.45, 2.75) is 64.2 Å². The fourth-order valence-electron chi connectivity index (χ4n) is 2.69. The molecule has 2 heteroatoms. The molecule has 2 nitrogen and oxygen atoms in total. The maximum absolute atomic E-state index is 11.4. The molecule has 0 aromatic heterocycles. The van der Waals surface area contributed by atoms with Crippen molar-refractivity contribution in [3.63, 3.8) is 0 Å². The minimum atomic E-state index is -0.0209. The highest BCUT2D eigenvalue weighted by molar-refractivity contribution is 5.69. The number of esters is 1. The topological polar surface area (TPSA) is 26.3 Å². The lowest BCUT2D eigenvalue weighted by atomic mass is 10.0. The lowest BCUT2D eigenvalue weighted by Gasteiger charge is -2.07. The van der Waals surface area contributed by atoms with Gasteiger partial charge in [-0.2, -0.15) is 0 Å². The van der Waals surface area contributed by atoms with Gasteiger partial charge in [0.1, 0.15) is 6.61 Å². The van der Waals surface area contributed by atoms with Gasteiger partial charge < -0.3 is 4.74 Å². The van der Waals surface area contributed by atoms with E-state index in [2.05, 4.69) is 6.08 Å². The van der Waals surface area contributed by atoms with E-state index in [1.165, 1.54) is 51.4 Å².